The first-order chi connectivity index (χ1) is 9.10. The second-order valence-electron chi connectivity index (χ2n) is 3.94. The number of ether oxygens (including phenoxy) is 3. The minimum Gasteiger partial charge on any atom is -0.468 e. The molecule has 0 aliphatic carbocycles. The van der Waals surface area contributed by atoms with Crippen LogP contribution in [0.2, 0.25) is 0 Å². The van der Waals surface area contributed by atoms with Gasteiger partial charge in [-0.1, -0.05) is 18.2 Å². The maximum Gasteiger partial charge on any atom is 0.339 e. The quantitative estimate of drug-likeness (QED) is 0.457. The lowest BCUT2D eigenvalue weighted by atomic mass is 9.94. The van der Waals surface area contributed by atoms with Gasteiger partial charge >= 0.3 is 17.9 Å². The summed E-state index contributed by atoms with van der Waals surface area (Å²) < 4.78 is 14.2. The standard InChI is InChI=1S/C13H12O6/c1-17-12(15)9(13(16)18-2)10-7-5-3-4-6-8(7)11(14)19-10/h3-6,9-10H,1-2H3. The maximum atomic E-state index is 11.7. The van der Waals surface area contributed by atoms with Gasteiger partial charge in [0.1, 0.15) is 0 Å². The van der Waals surface area contributed by atoms with Crippen LogP contribution in [0.5, 0.6) is 0 Å². The Kier molecular flexibility index (Phi) is 3.50. The van der Waals surface area contributed by atoms with Crippen LogP contribution in [0.4, 0.5) is 0 Å². The van der Waals surface area contributed by atoms with Crippen LogP contribution < -0.4 is 0 Å². The summed E-state index contributed by atoms with van der Waals surface area (Å²) in [6, 6.07) is 6.57. The number of carbonyl (C=O) groups is 3. The highest BCUT2D eigenvalue weighted by Gasteiger charge is 2.45. The lowest BCUT2D eigenvalue weighted by Gasteiger charge is -2.18. The van der Waals surface area contributed by atoms with Gasteiger partial charge < -0.3 is 14.2 Å². The van der Waals surface area contributed by atoms with E-state index in [0.717, 1.165) is 14.2 Å². The predicted octanol–water partition coefficient (Wildman–Crippen LogP) is 0.860. The molecular weight excluding hydrogens is 252 g/mol. The van der Waals surface area contributed by atoms with E-state index < -0.39 is 29.9 Å². The van der Waals surface area contributed by atoms with Gasteiger partial charge in [-0.15, -0.1) is 0 Å². The molecule has 0 radical (unpaired) electrons. The number of hydrogen-bond acceptors (Lipinski definition) is 6. The average Bonchev–Trinajstić information content (AvgIpc) is 2.76. The minimum atomic E-state index is -1.32. The highest BCUT2D eigenvalue weighted by Crippen LogP contribution is 2.37. The summed E-state index contributed by atoms with van der Waals surface area (Å²) in [6.45, 7) is 0. The molecule has 1 unspecified atom stereocenters. The molecule has 1 aromatic rings. The molecule has 1 heterocycles. The number of esters is 3. The first-order valence-corrected chi connectivity index (χ1v) is 5.55. The van der Waals surface area contributed by atoms with Crippen molar-refractivity contribution in [1.29, 1.82) is 0 Å². The Balaban J connectivity index is 2.42. The predicted molar refractivity (Wildman–Crippen MR) is 62.1 cm³/mol. The van der Waals surface area contributed by atoms with E-state index in [2.05, 4.69) is 9.47 Å². The van der Waals surface area contributed by atoms with Crippen molar-refractivity contribution < 1.29 is 28.6 Å². The van der Waals surface area contributed by atoms with E-state index in [1.807, 2.05) is 0 Å². The van der Waals surface area contributed by atoms with Gasteiger partial charge in [0, 0.05) is 5.56 Å². The van der Waals surface area contributed by atoms with Gasteiger partial charge in [-0.2, -0.15) is 0 Å². The molecule has 1 atom stereocenters. The molecule has 0 saturated heterocycles. The largest absolute Gasteiger partial charge is 0.468 e. The SMILES string of the molecule is COC(=O)C(C(=O)OC)C1OC(=O)c2ccccc21. The summed E-state index contributed by atoms with van der Waals surface area (Å²) in [5.41, 5.74) is 0.818. The average molecular weight is 264 g/mol. The van der Waals surface area contributed by atoms with Crippen LogP contribution in [0.3, 0.4) is 0 Å². The third-order valence-electron chi connectivity index (χ3n) is 2.93. The van der Waals surface area contributed by atoms with Crippen LogP contribution in [0.15, 0.2) is 24.3 Å². The van der Waals surface area contributed by atoms with Crippen LogP contribution in [0.1, 0.15) is 22.0 Å². The van der Waals surface area contributed by atoms with E-state index >= 15 is 0 Å². The lowest BCUT2D eigenvalue weighted by Crippen LogP contribution is -2.32. The minimum absolute atomic E-state index is 0.338. The van der Waals surface area contributed by atoms with Crippen LogP contribution in [-0.2, 0) is 23.8 Å². The molecule has 0 spiro atoms. The first kappa shape index (κ1) is 13.1. The van der Waals surface area contributed by atoms with Crippen molar-refractivity contribution in [1.82, 2.24) is 0 Å². The van der Waals surface area contributed by atoms with E-state index in [1.165, 1.54) is 0 Å². The lowest BCUT2D eigenvalue weighted by molar-refractivity contribution is -0.164. The summed E-state index contributed by atoms with van der Waals surface area (Å²) in [5, 5.41) is 0. The second-order valence-corrected chi connectivity index (χ2v) is 3.94. The number of benzene rings is 1. The van der Waals surface area contributed by atoms with Crippen LogP contribution >= 0.6 is 0 Å². The van der Waals surface area contributed by atoms with Crippen LogP contribution in [0.25, 0.3) is 0 Å². The topological polar surface area (TPSA) is 78.9 Å². The smallest absolute Gasteiger partial charge is 0.339 e. The molecule has 0 fully saturated rings. The Morgan fingerprint density at radius 1 is 1.16 bits per heavy atom. The van der Waals surface area contributed by atoms with Crippen molar-refractivity contribution in [2.75, 3.05) is 14.2 Å². The van der Waals surface area contributed by atoms with Crippen molar-refractivity contribution in [3.63, 3.8) is 0 Å². The molecule has 0 aromatic heterocycles. The number of rotatable bonds is 3. The zero-order valence-electron chi connectivity index (χ0n) is 10.4. The molecule has 1 aliphatic rings. The molecular formula is C13H12O6. The zero-order chi connectivity index (χ0) is 14.0. The van der Waals surface area contributed by atoms with E-state index in [-0.39, 0.29) is 0 Å². The number of methoxy groups -OCH3 is 2. The molecule has 6 heteroatoms. The molecule has 0 bridgehead atoms. The summed E-state index contributed by atoms with van der Waals surface area (Å²) in [6.07, 6.45) is -1.01. The fourth-order valence-corrected chi connectivity index (χ4v) is 2.02. The highest BCUT2D eigenvalue weighted by atomic mass is 16.6. The molecule has 0 saturated carbocycles. The molecule has 6 nitrogen and oxygen atoms in total. The van der Waals surface area contributed by atoms with Crippen molar-refractivity contribution in [2.24, 2.45) is 5.92 Å². The third kappa shape index (κ3) is 2.16. The van der Waals surface area contributed by atoms with Crippen molar-refractivity contribution in [3.05, 3.63) is 35.4 Å². The zero-order valence-corrected chi connectivity index (χ0v) is 10.4. The van der Waals surface area contributed by atoms with Crippen molar-refractivity contribution in [3.8, 4) is 0 Å². The van der Waals surface area contributed by atoms with Crippen molar-refractivity contribution >= 4 is 17.9 Å². The van der Waals surface area contributed by atoms with Gasteiger partial charge in [0.15, 0.2) is 12.0 Å². The number of carbonyl (C=O) groups excluding carboxylic acids is 3. The summed E-state index contributed by atoms with van der Waals surface area (Å²) in [4.78, 5) is 35.1. The summed E-state index contributed by atoms with van der Waals surface area (Å²) in [7, 11) is 2.31. The number of hydrogen-bond donors (Lipinski definition) is 0. The highest BCUT2D eigenvalue weighted by molar-refractivity contribution is 6.00. The maximum absolute atomic E-state index is 11.7. The van der Waals surface area contributed by atoms with E-state index in [4.69, 9.17) is 4.74 Å². The molecule has 1 aromatic carbocycles. The fourth-order valence-electron chi connectivity index (χ4n) is 2.02. The van der Waals surface area contributed by atoms with Gasteiger partial charge in [-0.3, -0.25) is 9.59 Å². The third-order valence-corrected chi connectivity index (χ3v) is 2.93. The van der Waals surface area contributed by atoms with Gasteiger partial charge in [0.05, 0.1) is 19.8 Å². The Hall–Kier alpha value is -2.37. The van der Waals surface area contributed by atoms with Gasteiger partial charge in [-0.05, 0) is 6.07 Å². The monoisotopic (exact) mass is 264 g/mol. The molecule has 100 valence electrons. The molecule has 0 N–H and O–H groups in total. The van der Waals surface area contributed by atoms with E-state index in [0.29, 0.717) is 11.1 Å². The molecule has 1 aliphatic heterocycles. The van der Waals surface area contributed by atoms with E-state index in [1.54, 1.807) is 24.3 Å². The molecule has 19 heavy (non-hydrogen) atoms. The molecule has 2 rings (SSSR count). The summed E-state index contributed by atoms with van der Waals surface area (Å²) in [5.74, 6) is -3.50. The van der Waals surface area contributed by atoms with E-state index in [9.17, 15) is 14.4 Å². The second kappa shape index (κ2) is 5.09. The first-order valence-electron chi connectivity index (χ1n) is 5.55. The van der Waals surface area contributed by atoms with Gasteiger partial charge in [0.2, 0.25) is 0 Å². The van der Waals surface area contributed by atoms with Crippen LogP contribution in [-0.4, -0.2) is 32.1 Å². The van der Waals surface area contributed by atoms with Gasteiger partial charge in [-0.25, -0.2) is 4.79 Å². The van der Waals surface area contributed by atoms with Crippen LogP contribution in [0, 0.1) is 5.92 Å². The normalized spacial score (nSPS) is 16.8. The van der Waals surface area contributed by atoms with Gasteiger partial charge in [0.25, 0.3) is 0 Å². The Labute approximate surface area is 109 Å². The molecule has 0 amide bonds. The Morgan fingerprint density at radius 3 is 2.32 bits per heavy atom. The number of fused-ring (bicyclic) bond motifs is 1. The number of cyclic esters (lactones) is 1. The summed E-state index contributed by atoms with van der Waals surface area (Å²) >= 11 is 0. The fraction of sp³-hybridized carbons (Fsp3) is 0.308. The Bertz CT molecular complexity index is 520. The Morgan fingerprint density at radius 2 is 1.74 bits per heavy atom. The van der Waals surface area contributed by atoms with Crippen molar-refractivity contribution in [2.45, 2.75) is 6.10 Å².